The molecule has 0 aliphatic carbocycles. The molecule has 2 aromatic rings. The number of nitrogens with zero attached hydrogens (tertiary/aromatic N) is 1. The van der Waals surface area contributed by atoms with Crippen LogP contribution in [0.1, 0.15) is 30.6 Å². The highest BCUT2D eigenvalue weighted by Crippen LogP contribution is 2.28. The van der Waals surface area contributed by atoms with E-state index in [1.807, 2.05) is 23.1 Å². The minimum absolute atomic E-state index is 0.262. The predicted octanol–water partition coefficient (Wildman–Crippen LogP) is 3.83. The summed E-state index contributed by atoms with van der Waals surface area (Å²) in [6, 6.07) is 8.11. The number of likely N-dealkylation sites (tertiary alicyclic amines) is 1. The van der Waals surface area contributed by atoms with Gasteiger partial charge < -0.3 is 9.52 Å². The van der Waals surface area contributed by atoms with Gasteiger partial charge in [0, 0.05) is 5.56 Å². The molecule has 1 atom stereocenters. The molecule has 1 saturated heterocycles. The highest BCUT2D eigenvalue weighted by Gasteiger charge is 2.29. The predicted molar refractivity (Wildman–Crippen MR) is 84.5 cm³/mol. The second-order valence-electron chi connectivity index (χ2n) is 6.00. The van der Waals surface area contributed by atoms with Crippen LogP contribution in [0.2, 0.25) is 0 Å². The Morgan fingerprint density at radius 1 is 1.35 bits per heavy atom. The van der Waals surface area contributed by atoms with Gasteiger partial charge in [-0.25, -0.2) is 4.39 Å². The van der Waals surface area contributed by atoms with Crippen LogP contribution in [0.4, 0.5) is 4.39 Å². The smallest absolute Gasteiger partial charge is 0.320 e. The van der Waals surface area contributed by atoms with Crippen molar-refractivity contribution < 1.29 is 18.7 Å². The van der Waals surface area contributed by atoms with Gasteiger partial charge in [0.15, 0.2) is 0 Å². The molecule has 0 saturated carbocycles. The average Bonchev–Trinajstić information content (AvgIpc) is 2.98. The van der Waals surface area contributed by atoms with E-state index in [2.05, 4.69) is 0 Å². The van der Waals surface area contributed by atoms with Gasteiger partial charge in [-0.1, -0.05) is 18.6 Å². The van der Waals surface area contributed by atoms with Crippen LogP contribution in [0.15, 0.2) is 34.7 Å². The van der Waals surface area contributed by atoms with Crippen molar-refractivity contribution in [1.29, 1.82) is 0 Å². The first-order chi connectivity index (χ1) is 11.1. The molecule has 0 bridgehead atoms. The van der Waals surface area contributed by atoms with Crippen molar-refractivity contribution >= 4 is 5.97 Å². The Morgan fingerprint density at radius 2 is 2.17 bits per heavy atom. The third-order valence-electron chi connectivity index (χ3n) is 4.45. The quantitative estimate of drug-likeness (QED) is 0.931. The number of hydrogen-bond donors (Lipinski definition) is 1. The number of rotatable bonds is 4. The van der Waals surface area contributed by atoms with E-state index >= 15 is 0 Å². The lowest BCUT2D eigenvalue weighted by molar-refractivity contribution is -0.144. The van der Waals surface area contributed by atoms with E-state index in [-0.39, 0.29) is 5.82 Å². The Kier molecular flexibility index (Phi) is 4.48. The fraction of sp³-hybridized carbons (Fsp3) is 0.389. The summed E-state index contributed by atoms with van der Waals surface area (Å²) in [6.07, 6.45) is 2.62. The van der Waals surface area contributed by atoms with E-state index in [4.69, 9.17) is 4.42 Å². The largest absolute Gasteiger partial charge is 0.480 e. The SMILES string of the molecule is Cc1c(F)cccc1-c1ccc(CN2CCCCC2C(=O)O)o1. The maximum Gasteiger partial charge on any atom is 0.320 e. The molecule has 5 heteroatoms. The van der Waals surface area contributed by atoms with Crippen LogP contribution in [-0.4, -0.2) is 28.6 Å². The molecule has 122 valence electrons. The van der Waals surface area contributed by atoms with E-state index in [1.54, 1.807) is 13.0 Å². The number of halogens is 1. The lowest BCUT2D eigenvalue weighted by Gasteiger charge is -2.32. The molecule has 1 N–H and O–H groups in total. The molecule has 1 aromatic carbocycles. The lowest BCUT2D eigenvalue weighted by atomic mass is 10.0. The molecule has 2 heterocycles. The van der Waals surface area contributed by atoms with Crippen LogP contribution in [0.3, 0.4) is 0 Å². The Labute approximate surface area is 134 Å². The van der Waals surface area contributed by atoms with Gasteiger partial charge in [0.1, 0.15) is 23.4 Å². The first-order valence-electron chi connectivity index (χ1n) is 7.87. The number of carbonyl (C=O) groups is 1. The lowest BCUT2D eigenvalue weighted by Crippen LogP contribution is -2.43. The Hall–Kier alpha value is -2.14. The average molecular weight is 317 g/mol. The summed E-state index contributed by atoms with van der Waals surface area (Å²) in [5.41, 5.74) is 1.28. The molecule has 1 fully saturated rings. The molecular weight excluding hydrogens is 297 g/mol. The summed E-state index contributed by atoms with van der Waals surface area (Å²) in [7, 11) is 0. The summed E-state index contributed by atoms with van der Waals surface area (Å²) < 4.78 is 19.5. The number of benzene rings is 1. The molecule has 1 aliphatic rings. The molecule has 0 radical (unpaired) electrons. The molecule has 23 heavy (non-hydrogen) atoms. The third kappa shape index (κ3) is 3.29. The number of hydrogen-bond acceptors (Lipinski definition) is 3. The minimum atomic E-state index is -0.780. The third-order valence-corrected chi connectivity index (χ3v) is 4.45. The maximum absolute atomic E-state index is 13.7. The number of furan rings is 1. The number of piperidine rings is 1. The summed E-state index contributed by atoms with van der Waals surface area (Å²) in [5.74, 6) is 0.276. The van der Waals surface area contributed by atoms with Gasteiger partial charge >= 0.3 is 5.97 Å². The molecule has 0 amide bonds. The van der Waals surface area contributed by atoms with E-state index in [9.17, 15) is 14.3 Å². The Bertz CT molecular complexity index is 710. The van der Waals surface area contributed by atoms with Crippen LogP contribution in [-0.2, 0) is 11.3 Å². The first kappa shape index (κ1) is 15.7. The maximum atomic E-state index is 13.7. The normalized spacial score (nSPS) is 19.0. The number of carboxylic acids is 1. The van der Waals surface area contributed by atoms with Crippen LogP contribution in [0.5, 0.6) is 0 Å². The standard InChI is InChI=1S/C18H20FNO3/c1-12-14(5-4-6-15(12)19)17-9-8-13(23-17)11-20-10-3-2-7-16(20)18(21)22/h4-6,8-9,16H,2-3,7,10-11H2,1H3,(H,21,22). The summed E-state index contributed by atoms with van der Waals surface area (Å²) >= 11 is 0. The monoisotopic (exact) mass is 317 g/mol. The zero-order valence-corrected chi connectivity index (χ0v) is 13.1. The summed E-state index contributed by atoms with van der Waals surface area (Å²) in [4.78, 5) is 13.3. The minimum Gasteiger partial charge on any atom is -0.480 e. The van der Waals surface area contributed by atoms with Gasteiger partial charge in [0.25, 0.3) is 0 Å². The fourth-order valence-electron chi connectivity index (χ4n) is 3.14. The molecule has 1 aliphatic heterocycles. The highest BCUT2D eigenvalue weighted by atomic mass is 19.1. The molecule has 3 rings (SSSR count). The Morgan fingerprint density at radius 3 is 2.96 bits per heavy atom. The number of carboxylic acid groups (broad SMARTS) is 1. The van der Waals surface area contributed by atoms with Crippen molar-refractivity contribution in [3.63, 3.8) is 0 Å². The van der Waals surface area contributed by atoms with Gasteiger partial charge in [-0.15, -0.1) is 0 Å². The van der Waals surface area contributed by atoms with Crippen molar-refractivity contribution in [3.8, 4) is 11.3 Å². The van der Waals surface area contributed by atoms with Crippen molar-refractivity contribution in [2.24, 2.45) is 0 Å². The van der Waals surface area contributed by atoms with Crippen LogP contribution in [0.25, 0.3) is 11.3 Å². The van der Waals surface area contributed by atoms with Crippen LogP contribution < -0.4 is 0 Å². The fourth-order valence-corrected chi connectivity index (χ4v) is 3.14. The second-order valence-corrected chi connectivity index (χ2v) is 6.00. The van der Waals surface area contributed by atoms with E-state index in [0.29, 0.717) is 30.0 Å². The van der Waals surface area contributed by atoms with E-state index < -0.39 is 12.0 Å². The second kappa shape index (κ2) is 6.54. The molecule has 4 nitrogen and oxygen atoms in total. The summed E-state index contributed by atoms with van der Waals surface area (Å²) in [6.45, 7) is 2.94. The van der Waals surface area contributed by atoms with Crippen molar-refractivity contribution in [2.75, 3.05) is 6.54 Å². The molecule has 0 spiro atoms. The van der Waals surface area contributed by atoms with Crippen molar-refractivity contribution in [2.45, 2.75) is 38.8 Å². The van der Waals surface area contributed by atoms with Crippen molar-refractivity contribution in [3.05, 3.63) is 47.5 Å². The van der Waals surface area contributed by atoms with Gasteiger partial charge in [-0.3, -0.25) is 9.69 Å². The van der Waals surface area contributed by atoms with Gasteiger partial charge in [-0.05, 0) is 50.1 Å². The Balaban J connectivity index is 1.79. The zero-order valence-electron chi connectivity index (χ0n) is 13.1. The van der Waals surface area contributed by atoms with Crippen LogP contribution >= 0.6 is 0 Å². The van der Waals surface area contributed by atoms with Gasteiger partial charge in [0.05, 0.1) is 6.54 Å². The van der Waals surface area contributed by atoms with Crippen molar-refractivity contribution in [1.82, 2.24) is 4.90 Å². The molecular formula is C18H20FNO3. The number of aliphatic carboxylic acids is 1. The van der Waals surface area contributed by atoms with Crippen LogP contribution in [0, 0.1) is 12.7 Å². The molecule has 1 aromatic heterocycles. The first-order valence-corrected chi connectivity index (χ1v) is 7.87. The molecule has 1 unspecified atom stereocenters. The van der Waals surface area contributed by atoms with E-state index in [1.165, 1.54) is 6.07 Å². The highest BCUT2D eigenvalue weighted by molar-refractivity contribution is 5.73. The van der Waals surface area contributed by atoms with Gasteiger partial charge in [0.2, 0.25) is 0 Å². The topological polar surface area (TPSA) is 53.7 Å². The summed E-state index contributed by atoms with van der Waals surface area (Å²) in [5, 5.41) is 9.32. The van der Waals surface area contributed by atoms with Gasteiger partial charge in [-0.2, -0.15) is 0 Å². The van der Waals surface area contributed by atoms with E-state index in [0.717, 1.165) is 24.9 Å². The zero-order chi connectivity index (χ0) is 16.4.